The fraction of sp³-hybridized carbons (Fsp3) is 0.444. The molecule has 0 spiro atoms. The summed E-state index contributed by atoms with van der Waals surface area (Å²) >= 11 is 0. The maximum atomic E-state index is 12.6. The molecule has 1 fully saturated rings. The van der Waals surface area contributed by atoms with Crippen LogP contribution in [0.4, 0.5) is 0 Å². The number of piperidine rings is 1. The number of aromatic nitrogens is 2. The molecule has 2 aromatic rings. The van der Waals surface area contributed by atoms with Crippen molar-refractivity contribution in [1.29, 1.82) is 0 Å². The summed E-state index contributed by atoms with van der Waals surface area (Å²) in [6.07, 6.45) is 2.75. The number of nitrogens with zero attached hydrogens (tertiary/aromatic N) is 3. The molecule has 8 heteroatoms. The Morgan fingerprint density at radius 3 is 2.50 bits per heavy atom. The van der Waals surface area contributed by atoms with Gasteiger partial charge in [-0.25, -0.2) is 17.7 Å². The zero-order chi connectivity index (χ0) is 18.6. The van der Waals surface area contributed by atoms with Crippen LogP contribution < -0.4 is 9.47 Å². The van der Waals surface area contributed by atoms with Crippen molar-refractivity contribution in [2.75, 3.05) is 20.2 Å². The van der Waals surface area contributed by atoms with Gasteiger partial charge in [0.2, 0.25) is 15.9 Å². The minimum Gasteiger partial charge on any atom is -0.474 e. The molecule has 26 heavy (non-hydrogen) atoms. The van der Waals surface area contributed by atoms with Crippen molar-refractivity contribution in [1.82, 2.24) is 14.3 Å². The van der Waals surface area contributed by atoms with Gasteiger partial charge >= 0.3 is 6.01 Å². The molecular formula is C18H23N3O4S. The van der Waals surface area contributed by atoms with Crippen LogP contribution in [0, 0.1) is 6.92 Å². The van der Waals surface area contributed by atoms with Gasteiger partial charge in [0.05, 0.1) is 12.9 Å². The van der Waals surface area contributed by atoms with E-state index in [4.69, 9.17) is 9.47 Å². The first-order chi connectivity index (χ1) is 12.5. The number of hydrogen-bond donors (Lipinski definition) is 0. The van der Waals surface area contributed by atoms with E-state index in [0.717, 1.165) is 11.1 Å². The van der Waals surface area contributed by atoms with E-state index >= 15 is 0 Å². The lowest BCUT2D eigenvalue weighted by Gasteiger charge is -2.31. The third kappa shape index (κ3) is 4.70. The highest BCUT2D eigenvalue weighted by Crippen LogP contribution is 2.21. The maximum Gasteiger partial charge on any atom is 0.319 e. The van der Waals surface area contributed by atoms with Gasteiger partial charge in [0, 0.05) is 25.4 Å². The highest BCUT2D eigenvalue weighted by molar-refractivity contribution is 7.88. The van der Waals surface area contributed by atoms with E-state index in [1.54, 1.807) is 16.6 Å². The van der Waals surface area contributed by atoms with Crippen LogP contribution in [0.15, 0.2) is 36.5 Å². The number of benzene rings is 1. The highest BCUT2D eigenvalue weighted by Gasteiger charge is 2.29. The molecule has 0 radical (unpaired) electrons. The highest BCUT2D eigenvalue weighted by atomic mass is 32.2. The van der Waals surface area contributed by atoms with Crippen LogP contribution in [0.5, 0.6) is 11.9 Å². The molecule has 0 saturated carbocycles. The van der Waals surface area contributed by atoms with E-state index in [-0.39, 0.29) is 17.9 Å². The van der Waals surface area contributed by atoms with Crippen molar-refractivity contribution < 1.29 is 17.9 Å². The molecule has 0 amide bonds. The van der Waals surface area contributed by atoms with Crippen LogP contribution in [0.3, 0.4) is 0 Å². The summed E-state index contributed by atoms with van der Waals surface area (Å²) in [5.41, 5.74) is 1.92. The summed E-state index contributed by atoms with van der Waals surface area (Å²) in [4.78, 5) is 8.07. The van der Waals surface area contributed by atoms with Crippen LogP contribution in [0.25, 0.3) is 0 Å². The van der Waals surface area contributed by atoms with E-state index in [9.17, 15) is 8.42 Å². The second-order valence-electron chi connectivity index (χ2n) is 6.34. The monoisotopic (exact) mass is 377 g/mol. The molecular weight excluding hydrogens is 354 g/mol. The van der Waals surface area contributed by atoms with Crippen molar-refractivity contribution >= 4 is 10.0 Å². The topological polar surface area (TPSA) is 81.6 Å². The summed E-state index contributed by atoms with van der Waals surface area (Å²) < 4.78 is 37.6. The zero-order valence-electron chi connectivity index (χ0n) is 15.0. The normalized spacial score (nSPS) is 16.4. The molecule has 0 N–H and O–H groups in total. The number of hydrogen-bond acceptors (Lipinski definition) is 6. The van der Waals surface area contributed by atoms with Gasteiger partial charge in [0.1, 0.15) is 6.10 Å². The first-order valence-corrected chi connectivity index (χ1v) is 10.1. The average molecular weight is 377 g/mol. The smallest absolute Gasteiger partial charge is 0.319 e. The van der Waals surface area contributed by atoms with Gasteiger partial charge in [-0.3, -0.25) is 0 Å². The minimum atomic E-state index is -3.32. The molecule has 3 rings (SSSR count). The van der Waals surface area contributed by atoms with Crippen LogP contribution in [0.2, 0.25) is 0 Å². The van der Waals surface area contributed by atoms with E-state index in [1.807, 2.05) is 31.2 Å². The standard InChI is InChI=1S/C18H23N3O4S/c1-14-3-5-15(6-4-14)13-26(22,23)21-11-8-16(9-12-21)25-17-7-10-19-18(20-17)24-2/h3-7,10,16H,8-9,11-13H2,1-2H3. The van der Waals surface area contributed by atoms with Gasteiger partial charge in [-0.1, -0.05) is 29.8 Å². The summed E-state index contributed by atoms with van der Waals surface area (Å²) in [6.45, 7) is 2.87. The third-order valence-corrected chi connectivity index (χ3v) is 6.19. The minimum absolute atomic E-state index is 0.0297. The molecule has 1 aromatic heterocycles. The fourth-order valence-corrected chi connectivity index (χ4v) is 4.44. The quantitative estimate of drug-likeness (QED) is 0.767. The molecule has 1 aromatic carbocycles. The van der Waals surface area contributed by atoms with Crippen LogP contribution in [0.1, 0.15) is 24.0 Å². The van der Waals surface area contributed by atoms with Gasteiger partial charge in [0.25, 0.3) is 0 Å². The molecule has 0 bridgehead atoms. The Kier molecular flexibility index (Phi) is 5.73. The molecule has 1 aliphatic rings. The first-order valence-electron chi connectivity index (χ1n) is 8.53. The molecule has 7 nitrogen and oxygen atoms in total. The first kappa shape index (κ1) is 18.6. The van der Waals surface area contributed by atoms with Crippen molar-refractivity contribution in [2.24, 2.45) is 0 Å². The average Bonchev–Trinajstić information content (AvgIpc) is 2.64. The van der Waals surface area contributed by atoms with E-state index in [0.29, 0.717) is 31.8 Å². The lowest BCUT2D eigenvalue weighted by atomic mass is 10.1. The van der Waals surface area contributed by atoms with Gasteiger partial charge in [0.15, 0.2) is 0 Å². The zero-order valence-corrected chi connectivity index (χ0v) is 15.8. The second kappa shape index (κ2) is 8.01. The number of methoxy groups -OCH3 is 1. The Morgan fingerprint density at radius 2 is 1.85 bits per heavy atom. The molecule has 0 unspecified atom stereocenters. The predicted molar refractivity (Wildman–Crippen MR) is 97.6 cm³/mol. The predicted octanol–water partition coefficient (Wildman–Crippen LogP) is 2.17. The largest absolute Gasteiger partial charge is 0.474 e. The second-order valence-corrected chi connectivity index (χ2v) is 8.31. The number of sulfonamides is 1. The van der Waals surface area contributed by atoms with Crippen molar-refractivity contribution in [3.63, 3.8) is 0 Å². The maximum absolute atomic E-state index is 12.6. The van der Waals surface area contributed by atoms with Gasteiger partial charge in [-0.15, -0.1) is 0 Å². The summed E-state index contributed by atoms with van der Waals surface area (Å²) in [5, 5.41) is 0. The molecule has 0 atom stereocenters. The molecule has 1 saturated heterocycles. The summed E-state index contributed by atoms with van der Waals surface area (Å²) in [7, 11) is -1.83. The summed E-state index contributed by atoms with van der Waals surface area (Å²) in [6, 6.07) is 9.52. The van der Waals surface area contributed by atoms with Gasteiger partial charge < -0.3 is 9.47 Å². The number of rotatable bonds is 6. The Bertz CT molecular complexity index is 832. The number of aryl methyl sites for hydroxylation is 1. The summed E-state index contributed by atoms with van der Waals surface area (Å²) in [5.74, 6) is 0.472. The van der Waals surface area contributed by atoms with Gasteiger partial charge in [-0.05, 0) is 25.3 Å². The number of ether oxygens (including phenoxy) is 2. The van der Waals surface area contributed by atoms with E-state index in [1.165, 1.54) is 7.11 Å². The molecule has 140 valence electrons. The van der Waals surface area contributed by atoms with Gasteiger partial charge in [-0.2, -0.15) is 4.98 Å². The van der Waals surface area contributed by atoms with Crippen molar-refractivity contribution in [3.8, 4) is 11.9 Å². The lowest BCUT2D eigenvalue weighted by molar-refractivity contribution is 0.128. The van der Waals surface area contributed by atoms with E-state index < -0.39 is 10.0 Å². The SMILES string of the molecule is COc1nccc(OC2CCN(S(=O)(=O)Cc3ccc(C)cc3)CC2)n1. The Balaban J connectivity index is 1.56. The fourth-order valence-electron chi connectivity index (χ4n) is 2.87. The van der Waals surface area contributed by atoms with Crippen molar-refractivity contribution in [2.45, 2.75) is 31.6 Å². The molecule has 1 aliphatic heterocycles. The molecule has 2 heterocycles. The van der Waals surface area contributed by atoms with Crippen LogP contribution in [-0.2, 0) is 15.8 Å². The van der Waals surface area contributed by atoms with E-state index in [2.05, 4.69) is 9.97 Å². The van der Waals surface area contributed by atoms with Crippen LogP contribution in [-0.4, -0.2) is 49.0 Å². The Morgan fingerprint density at radius 1 is 1.15 bits per heavy atom. The third-order valence-electron chi connectivity index (χ3n) is 4.34. The van der Waals surface area contributed by atoms with Crippen LogP contribution >= 0.6 is 0 Å². The van der Waals surface area contributed by atoms with Crippen molar-refractivity contribution in [3.05, 3.63) is 47.7 Å². The molecule has 0 aliphatic carbocycles. The Labute approximate surface area is 154 Å². The Hall–Kier alpha value is -2.19. The lowest BCUT2D eigenvalue weighted by Crippen LogP contribution is -2.42.